The van der Waals surface area contributed by atoms with Gasteiger partial charge >= 0.3 is 0 Å². The molecule has 0 N–H and O–H groups in total. The van der Waals surface area contributed by atoms with Crippen LogP contribution in [0, 0.1) is 5.41 Å². The minimum absolute atomic E-state index is 0.0741. The van der Waals surface area contributed by atoms with Crippen LogP contribution in [-0.2, 0) is 12.6 Å². The van der Waals surface area contributed by atoms with Gasteiger partial charge in [0.25, 0.3) is 0 Å². The number of aryl methyl sites for hydroxylation is 1. The summed E-state index contributed by atoms with van der Waals surface area (Å²) in [7, 11) is -0.0741. The number of hydrogen-bond donors (Lipinski definition) is 0. The van der Waals surface area contributed by atoms with Crippen LogP contribution in [0.25, 0.3) is 0 Å². The van der Waals surface area contributed by atoms with E-state index in [2.05, 4.69) is 86.6 Å². The van der Waals surface area contributed by atoms with Crippen molar-refractivity contribution in [3.8, 4) is 0 Å². The summed E-state index contributed by atoms with van der Waals surface area (Å²) in [6.45, 7) is 21.5. The smallest absolute Gasteiger partial charge is 0.00610 e. The summed E-state index contributed by atoms with van der Waals surface area (Å²) in [5.41, 5.74) is 3.56. The maximum absolute atomic E-state index is 2.42. The number of benzene rings is 1. The molecule has 0 bridgehead atoms. The van der Waals surface area contributed by atoms with E-state index in [0.717, 1.165) is 0 Å². The van der Waals surface area contributed by atoms with E-state index >= 15 is 0 Å². The Morgan fingerprint density at radius 1 is 0.727 bits per heavy atom. The molecule has 1 aromatic carbocycles. The van der Waals surface area contributed by atoms with Crippen LogP contribution in [0.4, 0.5) is 0 Å². The van der Waals surface area contributed by atoms with Gasteiger partial charge in [0.1, 0.15) is 0 Å². The Labute approximate surface area is 140 Å². The summed E-state index contributed by atoms with van der Waals surface area (Å²) in [4.78, 5) is 0. The van der Waals surface area contributed by atoms with Crippen molar-refractivity contribution < 1.29 is 0 Å². The third-order valence-corrected chi connectivity index (χ3v) is 8.11. The van der Waals surface area contributed by atoms with Crippen LogP contribution in [0.3, 0.4) is 0 Å². The largest absolute Gasteiger partial charge is 0.0911 e. The van der Waals surface area contributed by atoms with E-state index in [1.54, 1.807) is 11.1 Å². The molecule has 0 unspecified atom stereocenters. The van der Waals surface area contributed by atoms with Gasteiger partial charge in [0.15, 0.2) is 0 Å². The van der Waals surface area contributed by atoms with Crippen molar-refractivity contribution in [1.29, 1.82) is 0 Å². The second-order valence-electron chi connectivity index (χ2n) is 9.76. The summed E-state index contributed by atoms with van der Waals surface area (Å²) in [6, 6.07) is 9.14. The zero-order valence-corrected chi connectivity index (χ0v) is 17.3. The minimum Gasteiger partial charge on any atom is -0.0911 e. The Balaban J connectivity index is 3.01. The zero-order valence-electron chi connectivity index (χ0n) is 16.4. The summed E-state index contributed by atoms with van der Waals surface area (Å²) in [5, 5.41) is 0.787. The van der Waals surface area contributed by atoms with E-state index < -0.39 is 0 Å². The molecule has 0 nitrogen and oxygen atoms in total. The molecule has 0 aliphatic rings. The number of hydrogen-bond acceptors (Lipinski definition) is 0. The van der Waals surface area contributed by atoms with Crippen molar-refractivity contribution in [3.05, 3.63) is 35.4 Å². The maximum atomic E-state index is 2.42. The van der Waals surface area contributed by atoms with Gasteiger partial charge in [-0.2, -0.15) is 0 Å². The van der Waals surface area contributed by atoms with Crippen molar-refractivity contribution in [2.75, 3.05) is 0 Å². The maximum Gasteiger partial charge on any atom is -0.00610 e. The quantitative estimate of drug-likeness (QED) is 0.513. The molecule has 1 rings (SSSR count). The second kappa shape index (κ2) is 7.04. The molecule has 1 aromatic rings. The van der Waals surface area contributed by atoms with E-state index in [0.29, 0.717) is 15.7 Å². The fourth-order valence-corrected chi connectivity index (χ4v) is 6.73. The summed E-state index contributed by atoms with van der Waals surface area (Å²) >= 11 is 0. The Kier molecular flexibility index (Phi) is 6.30. The van der Waals surface area contributed by atoms with E-state index in [1.807, 2.05) is 0 Å². The lowest BCUT2D eigenvalue weighted by Crippen LogP contribution is -2.26. The van der Waals surface area contributed by atoms with Crippen LogP contribution < -0.4 is 0 Å². The molecule has 0 fully saturated rings. The van der Waals surface area contributed by atoms with Gasteiger partial charge in [-0.05, 0) is 45.9 Å². The first-order valence-corrected chi connectivity index (χ1v) is 10.2. The van der Waals surface area contributed by atoms with Gasteiger partial charge in [0, 0.05) is 0 Å². The lowest BCUT2D eigenvalue weighted by atomic mass is 9.88. The van der Waals surface area contributed by atoms with Crippen LogP contribution in [-0.4, -0.2) is 10.3 Å². The van der Waals surface area contributed by atoms with Crippen molar-refractivity contribution in [2.45, 2.75) is 91.6 Å². The molecule has 0 radical (unpaired) electrons. The first-order valence-electron chi connectivity index (χ1n) is 8.65. The van der Waals surface area contributed by atoms with Gasteiger partial charge < -0.3 is 0 Å². The average Bonchev–Trinajstić information content (AvgIpc) is 2.30. The van der Waals surface area contributed by atoms with Crippen molar-refractivity contribution >= 4 is 7.92 Å². The number of rotatable bonds is 4. The molecule has 22 heavy (non-hydrogen) atoms. The van der Waals surface area contributed by atoms with Crippen LogP contribution in [0.2, 0.25) is 0 Å². The lowest BCUT2D eigenvalue weighted by molar-refractivity contribution is 0.378. The Morgan fingerprint density at radius 3 is 1.59 bits per heavy atom. The van der Waals surface area contributed by atoms with Gasteiger partial charge in [0.2, 0.25) is 0 Å². The molecule has 0 amide bonds. The Hall–Kier alpha value is -0.350. The highest BCUT2D eigenvalue weighted by atomic mass is 31.1. The third kappa shape index (κ3) is 6.41. The van der Waals surface area contributed by atoms with E-state index in [-0.39, 0.29) is 7.92 Å². The minimum atomic E-state index is -0.0741. The summed E-state index contributed by atoms with van der Waals surface area (Å²) in [6.07, 6.45) is 3.72. The molecule has 1 heteroatoms. The molecule has 0 aromatic heterocycles. The fourth-order valence-electron chi connectivity index (χ4n) is 3.12. The standard InChI is InChI=1S/C21H37P/c1-19(2,3)15-14-17-12-10-11-13-18(17)16-22(20(4,5)6)21(7,8)9/h10-13H,14-16H2,1-9H3. The van der Waals surface area contributed by atoms with Crippen LogP contribution in [0.1, 0.15) is 79.9 Å². The first kappa shape index (κ1) is 19.7. The summed E-state index contributed by atoms with van der Waals surface area (Å²) < 4.78 is 0. The van der Waals surface area contributed by atoms with Gasteiger partial charge in [-0.25, -0.2) is 0 Å². The van der Waals surface area contributed by atoms with Crippen molar-refractivity contribution in [2.24, 2.45) is 5.41 Å². The van der Waals surface area contributed by atoms with Gasteiger partial charge in [0.05, 0.1) is 0 Å². The predicted molar refractivity (Wildman–Crippen MR) is 104 cm³/mol. The molecule has 0 saturated heterocycles. The van der Waals surface area contributed by atoms with Crippen LogP contribution >= 0.6 is 7.92 Å². The molecule has 0 saturated carbocycles. The second-order valence-corrected chi connectivity index (χ2v) is 13.6. The highest BCUT2D eigenvalue weighted by Crippen LogP contribution is 2.61. The normalized spacial score (nSPS) is 13.7. The zero-order chi connectivity index (χ0) is 17.2. The molecule has 0 aliphatic heterocycles. The van der Waals surface area contributed by atoms with Crippen LogP contribution in [0.5, 0.6) is 0 Å². The molecule has 0 spiro atoms. The molecule has 0 atom stereocenters. The lowest BCUT2D eigenvalue weighted by Gasteiger charge is -2.42. The van der Waals surface area contributed by atoms with Gasteiger partial charge in [-0.3, -0.25) is 0 Å². The summed E-state index contributed by atoms with van der Waals surface area (Å²) in [5.74, 6) is 0. The van der Waals surface area contributed by atoms with Gasteiger partial charge in [-0.15, -0.1) is 0 Å². The molecular formula is C21H37P. The topological polar surface area (TPSA) is 0 Å². The van der Waals surface area contributed by atoms with Crippen molar-refractivity contribution in [1.82, 2.24) is 0 Å². The van der Waals surface area contributed by atoms with E-state index in [4.69, 9.17) is 0 Å². The SMILES string of the molecule is CC(C)(C)CCc1ccccc1CP(C(C)(C)C)C(C)(C)C. The highest BCUT2D eigenvalue weighted by Gasteiger charge is 2.34. The Bertz CT molecular complexity index is 452. The van der Waals surface area contributed by atoms with Crippen LogP contribution in [0.15, 0.2) is 24.3 Å². The van der Waals surface area contributed by atoms with E-state index in [1.165, 1.54) is 19.0 Å². The molecule has 126 valence electrons. The third-order valence-electron chi connectivity index (χ3n) is 4.21. The highest BCUT2D eigenvalue weighted by molar-refractivity contribution is 7.60. The van der Waals surface area contributed by atoms with E-state index in [9.17, 15) is 0 Å². The molecule has 0 heterocycles. The average molecular weight is 321 g/mol. The van der Waals surface area contributed by atoms with Crippen molar-refractivity contribution in [3.63, 3.8) is 0 Å². The van der Waals surface area contributed by atoms with Gasteiger partial charge in [-0.1, -0.05) is 94.5 Å². The monoisotopic (exact) mass is 320 g/mol. The molecular weight excluding hydrogens is 283 g/mol. The molecule has 0 aliphatic carbocycles. The Morgan fingerprint density at radius 2 is 1.18 bits per heavy atom. The fraction of sp³-hybridized carbons (Fsp3) is 0.714. The predicted octanol–water partition coefficient (Wildman–Crippen LogP) is 7.24. The first-order chi connectivity index (χ1) is 9.81.